The lowest BCUT2D eigenvalue weighted by atomic mass is 9.85. The number of hydrogen-bond donors (Lipinski definition) is 4. The molecular formula is C15H27N3O4. The first-order valence-electron chi connectivity index (χ1n) is 8.20. The van der Waals surface area contributed by atoms with Crippen LogP contribution < -0.4 is 10.6 Å². The second-order valence-electron chi connectivity index (χ2n) is 6.36. The van der Waals surface area contributed by atoms with Gasteiger partial charge in [0.2, 0.25) is 0 Å². The average molecular weight is 313 g/mol. The molecule has 0 aliphatic heterocycles. The first kappa shape index (κ1) is 17.0. The van der Waals surface area contributed by atoms with Gasteiger partial charge in [0, 0.05) is 12.1 Å². The van der Waals surface area contributed by atoms with Gasteiger partial charge in [0.25, 0.3) is 0 Å². The van der Waals surface area contributed by atoms with E-state index in [4.69, 9.17) is 5.11 Å². The third-order valence-corrected chi connectivity index (χ3v) is 4.76. The Kier molecular flexibility index (Phi) is 6.02. The van der Waals surface area contributed by atoms with Gasteiger partial charge in [0.15, 0.2) is 0 Å². The molecule has 22 heavy (non-hydrogen) atoms. The van der Waals surface area contributed by atoms with E-state index in [1.54, 1.807) is 0 Å². The van der Waals surface area contributed by atoms with Crippen LogP contribution in [-0.2, 0) is 4.79 Å². The van der Waals surface area contributed by atoms with Gasteiger partial charge in [-0.25, -0.2) is 4.79 Å². The highest BCUT2D eigenvalue weighted by atomic mass is 16.4. The third kappa shape index (κ3) is 4.58. The summed E-state index contributed by atoms with van der Waals surface area (Å²) in [6, 6.07) is -0.0558. The number of likely N-dealkylation sites (N-methyl/N-ethyl adjacent to an activating group) is 1. The van der Waals surface area contributed by atoms with Crippen LogP contribution in [0.15, 0.2) is 0 Å². The molecule has 2 saturated carbocycles. The van der Waals surface area contributed by atoms with Gasteiger partial charge in [-0.15, -0.1) is 0 Å². The number of rotatable bonds is 6. The molecule has 7 heteroatoms. The second-order valence-corrected chi connectivity index (χ2v) is 6.36. The van der Waals surface area contributed by atoms with Crippen LogP contribution in [0.4, 0.5) is 4.79 Å². The van der Waals surface area contributed by atoms with E-state index in [2.05, 4.69) is 10.6 Å². The Bertz CT molecular complexity index is 398. The molecule has 2 amide bonds. The molecule has 0 saturated heterocycles. The van der Waals surface area contributed by atoms with Crippen molar-refractivity contribution >= 4 is 12.0 Å². The Hall–Kier alpha value is -1.34. The Morgan fingerprint density at radius 1 is 1.18 bits per heavy atom. The molecule has 0 bridgehead atoms. The highest BCUT2D eigenvalue weighted by molar-refractivity contribution is 5.74. The summed E-state index contributed by atoms with van der Waals surface area (Å²) in [5.74, 6) is -0.817. The van der Waals surface area contributed by atoms with Gasteiger partial charge < -0.3 is 20.8 Å². The number of carbonyl (C=O) groups is 2. The molecule has 2 unspecified atom stereocenters. The molecule has 0 radical (unpaired) electrons. The van der Waals surface area contributed by atoms with Crippen LogP contribution in [-0.4, -0.2) is 64.4 Å². The fourth-order valence-corrected chi connectivity index (χ4v) is 3.35. The summed E-state index contributed by atoms with van der Waals surface area (Å²) < 4.78 is 0. The van der Waals surface area contributed by atoms with Gasteiger partial charge in [0.05, 0.1) is 18.7 Å². The molecule has 0 aromatic rings. The van der Waals surface area contributed by atoms with Crippen molar-refractivity contribution in [3.05, 3.63) is 0 Å². The molecule has 0 aromatic heterocycles. The fourth-order valence-electron chi connectivity index (χ4n) is 3.35. The van der Waals surface area contributed by atoms with Crippen LogP contribution in [0, 0.1) is 0 Å². The molecule has 2 aliphatic rings. The van der Waals surface area contributed by atoms with Gasteiger partial charge >= 0.3 is 12.0 Å². The highest BCUT2D eigenvalue weighted by Crippen LogP contribution is 2.25. The largest absolute Gasteiger partial charge is 0.480 e. The number of nitrogens with one attached hydrogen (secondary N) is 2. The third-order valence-electron chi connectivity index (χ3n) is 4.76. The van der Waals surface area contributed by atoms with E-state index in [9.17, 15) is 14.7 Å². The van der Waals surface area contributed by atoms with E-state index in [-0.39, 0.29) is 30.7 Å². The predicted octanol–water partition coefficient (Wildman–Crippen LogP) is 0.527. The van der Waals surface area contributed by atoms with Gasteiger partial charge in [-0.3, -0.25) is 9.69 Å². The SMILES string of the molecule is CCN(CC(=O)O)C1CC(NC(=O)NC2CCCCC2O)C1. The summed E-state index contributed by atoms with van der Waals surface area (Å²) in [5.41, 5.74) is 0. The number of aliphatic hydroxyl groups excluding tert-OH is 1. The Labute approximate surface area is 131 Å². The minimum atomic E-state index is -0.817. The first-order valence-corrected chi connectivity index (χ1v) is 8.20. The van der Waals surface area contributed by atoms with Crippen LogP contribution in [0.25, 0.3) is 0 Å². The van der Waals surface area contributed by atoms with Crippen molar-refractivity contribution in [3.8, 4) is 0 Å². The van der Waals surface area contributed by atoms with Crippen molar-refractivity contribution in [2.45, 2.75) is 69.7 Å². The van der Waals surface area contributed by atoms with Crippen molar-refractivity contribution in [1.82, 2.24) is 15.5 Å². The summed E-state index contributed by atoms with van der Waals surface area (Å²) in [6.45, 7) is 2.69. The topological polar surface area (TPSA) is 102 Å². The van der Waals surface area contributed by atoms with Crippen molar-refractivity contribution < 1.29 is 19.8 Å². The predicted molar refractivity (Wildman–Crippen MR) is 81.6 cm³/mol. The number of nitrogens with zero attached hydrogens (tertiary/aromatic N) is 1. The fraction of sp³-hybridized carbons (Fsp3) is 0.867. The standard InChI is InChI=1S/C15H27N3O4/c1-2-18(9-14(20)21)11-7-10(8-11)16-15(22)17-12-5-3-4-6-13(12)19/h10-13,19H,2-9H2,1H3,(H,20,21)(H2,16,17,22). The maximum Gasteiger partial charge on any atom is 0.317 e. The average Bonchev–Trinajstić information content (AvgIpc) is 2.42. The number of aliphatic carboxylic acids is 1. The monoisotopic (exact) mass is 313 g/mol. The molecule has 0 aromatic carbocycles. The molecule has 2 rings (SSSR count). The number of carbonyl (C=O) groups excluding carboxylic acids is 1. The normalized spacial score (nSPS) is 31.4. The van der Waals surface area contributed by atoms with E-state index in [1.165, 1.54) is 0 Å². The van der Waals surface area contributed by atoms with Crippen LogP contribution >= 0.6 is 0 Å². The lowest BCUT2D eigenvalue weighted by Crippen LogP contribution is -2.58. The lowest BCUT2D eigenvalue weighted by Gasteiger charge is -2.42. The van der Waals surface area contributed by atoms with E-state index >= 15 is 0 Å². The zero-order valence-corrected chi connectivity index (χ0v) is 13.1. The molecule has 2 atom stereocenters. The highest BCUT2D eigenvalue weighted by Gasteiger charge is 2.35. The maximum atomic E-state index is 11.9. The number of aliphatic hydroxyl groups is 1. The molecule has 126 valence electrons. The Morgan fingerprint density at radius 3 is 2.45 bits per heavy atom. The van der Waals surface area contributed by atoms with E-state index < -0.39 is 12.1 Å². The van der Waals surface area contributed by atoms with Crippen LogP contribution in [0.5, 0.6) is 0 Å². The maximum absolute atomic E-state index is 11.9. The molecular weight excluding hydrogens is 286 g/mol. The Balaban J connectivity index is 1.68. The van der Waals surface area contributed by atoms with Crippen molar-refractivity contribution in [1.29, 1.82) is 0 Å². The summed E-state index contributed by atoms with van der Waals surface area (Å²) >= 11 is 0. The number of carboxylic acids is 1. The number of urea groups is 1. The number of hydrogen-bond acceptors (Lipinski definition) is 4. The van der Waals surface area contributed by atoms with Gasteiger partial charge in [0.1, 0.15) is 0 Å². The zero-order chi connectivity index (χ0) is 16.1. The van der Waals surface area contributed by atoms with Crippen LogP contribution in [0.2, 0.25) is 0 Å². The van der Waals surface area contributed by atoms with Crippen LogP contribution in [0.3, 0.4) is 0 Å². The van der Waals surface area contributed by atoms with E-state index in [0.717, 1.165) is 38.5 Å². The summed E-state index contributed by atoms with van der Waals surface area (Å²) in [6.07, 6.45) is 4.74. The second kappa shape index (κ2) is 7.78. The molecule has 0 heterocycles. The van der Waals surface area contributed by atoms with Crippen LogP contribution in [0.1, 0.15) is 45.4 Å². The van der Waals surface area contributed by atoms with Gasteiger partial charge in [-0.2, -0.15) is 0 Å². The summed E-state index contributed by atoms with van der Waals surface area (Å²) in [5, 5.41) is 24.5. The first-order chi connectivity index (χ1) is 10.5. The molecule has 0 spiro atoms. The van der Waals surface area contributed by atoms with E-state index in [1.807, 2.05) is 11.8 Å². The molecule has 4 N–H and O–H groups in total. The molecule has 2 fully saturated rings. The van der Waals surface area contributed by atoms with Crippen molar-refractivity contribution in [3.63, 3.8) is 0 Å². The lowest BCUT2D eigenvalue weighted by molar-refractivity contribution is -0.139. The minimum absolute atomic E-state index is 0.0499. The minimum Gasteiger partial charge on any atom is -0.480 e. The van der Waals surface area contributed by atoms with Crippen molar-refractivity contribution in [2.24, 2.45) is 0 Å². The van der Waals surface area contributed by atoms with Gasteiger partial charge in [-0.1, -0.05) is 19.8 Å². The molecule has 2 aliphatic carbocycles. The zero-order valence-electron chi connectivity index (χ0n) is 13.1. The Morgan fingerprint density at radius 2 is 1.86 bits per heavy atom. The number of amides is 2. The van der Waals surface area contributed by atoms with Gasteiger partial charge in [-0.05, 0) is 32.2 Å². The van der Waals surface area contributed by atoms with Crippen molar-refractivity contribution in [2.75, 3.05) is 13.1 Å². The smallest absolute Gasteiger partial charge is 0.317 e. The summed E-state index contributed by atoms with van der Waals surface area (Å²) in [4.78, 5) is 24.6. The summed E-state index contributed by atoms with van der Waals surface area (Å²) in [7, 11) is 0. The number of carboxylic acid groups (broad SMARTS) is 1. The van der Waals surface area contributed by atoms with E-state index in [0.29, 0.717) is 6.54 Å². The quantitative estimate of drug-likeness (QED) is 0.573. The molecule has 7 nitrogen and oxygen atoms in total.